The van der Waals surface area contributed by atoms with Crippen LogP contribution in [0.25, 0.3) is 22.3 Å². The van der Waals surface area contributed by atoms with Gasteiger partial charge in [0.05, 0.1) is 17.0 Å². The zero-order valence-electron chi connectivity index (χ0n) is 13.3. The molecule has 1 aliphatic rings. The van der Waals surface area contributed by atoms with Crippen LogP contribution in [0.4, 0.5) is 5.95 Å². The van der Waals surface area contributed by atoms with E-state index in [1.54, 1.807) is 16.8 Å². The largest absolute Gasteiger partial charge is 0.381 e. The maximum absolute atomic E-state index is 13.2. The van der Waals surface area contributed by atoms with Gasteiger partial charge in [0.2, 0.25) is 5.95 Å². The van der Waals surface area contributed by atoms with Crippen molar-refractivity contribution in [2.24, 2.45) is 0 Å². The second-order valence-corrected chi connectivity index (χ2v) is 5.95. The van der Waals surface area contributed by atoms with E-state index in [4.69, 9.17) is 10.5 Å². The molecule has 0 aromatic carbocycles. The molecule has 0 aliphatic carbocycles. The first-order valence-corrected chi connectivity index (χ1v) is 7.92. The minimum absolute atomic E-state index is 0.0327. The number of nitrogens with one attached hydrogen (secondary N) is 1. The summed E-state index contributed by atoms with van der Waals surface area (Å²) in [6, 6.07) is 3.63. The van der Waals surface area contributed by atoms with E-state index in [9.17, 15) is 4.79 Å². The molecule has 0 spiro atoms. The van der Waals surface area contributed by atoms with Crippen LogP contribution in [0.3, 0.4) is 0 Å². The van der Waals surface area contributed by atoms with Gasteiger partial charge in [-0.1, -0.05) is 0 Å². The van der Waals surface area contributed by atoms with E-state index in [1.165, 1.54) is 0 Å². The first kappa shape index (κ1) is 14.8. The Balaban J connectivity index is 2.06. The molecule has 3 aromatic heterocycles. The Morgan fingerprint density at radius 2 is 2.12 bits per heavy atom. The molecule has 0 amide bonds. The van der Waals surface area contributed by atoms with Crippen molar-refractivity contribution in [1.82, 2.24) is 24.7 Å². The van der Waals surface area contributed by atoms with Gasteiger partial charge in [-0.3, -0.25) is 14.5 Å². The van der Waals surface area contributed by atoms with Crippen molar-refractivity contribution < 1.29 is 4.74 Å². The van der Waals surface area contributed by atoms with E-state index in [0.717, 1.165) is 23.9 Å². The summed E-state index contributed by atoms with van der Waals surface area (Å²) in [5, 5.41) is 7.64. The van der Waals surface area contributed by atoms with E-state index in [2.05, 4.69) is 20.2 Å². The molecule has 3 aromatic rings. The van der Waals surface area contributed by atoms with Crippen molar-refractivity contribution in [3.8, 4) is 11.3 Å². The lowest BCUT2D eigenvalue weighted by atomic mass is 10.1. The smallest absolute Gasteiger partial charge is 0.261 e. The minimum atomic E-state index is -0.101. The van der Waals surface area contributed by atoms with Crippen LogP contribution in [-0.4, -0.2) is 37.9 Å². The predicted octanol–water partition coefficient (Wildman–Crippen LogP) is 1.42. The summed E-state index contributed by atoms with van der Waals surface area (Å²) in [5.41, 5.74) is 8.30. The summed E-state index contributed by atoms with van der Waals surface area (Å²) in [6.45, 7) is 3.13. The number of nitrogens with two attached hydrogens (primary N) is 1. The summed E-state index contributed by atoms with van der Waals surface area (Å²) in [7, 11) is 0. The number of nitrogen functional groups attached to an aromatic ring is 1. The molecule has 24 heavy (non-hydrogen) atoms. The Morgan fingerprint density at radius 1 is 1.33 bits per heavy atom. The zero-order chi connectivity index (χ0) is 16.7. The number of nitrogens with zero attached hydrogens (tertiary/aromatic N) is 4. The number of aromatic nitrogens is 5. The summed E-state index contributed by atoms with van der Waals surface area (Å²) in [5.74, 6) is 0.175. The lowest BCUT2D eigenvalue weighted by molar-refractivity contribution is 0.0697. The fourth-order valence-electron chi connectivity index (χ4n) is 3.25. The van der Waals surface area contributed by atoms with Gasteiger partial charge in [-0.2, -0.15) is 10.1 Å². The third-order valence-electron chi connectivity index (χ3n) is 4.45. The molecule has 124 valence electrons. The Labute approximate surface area is 137 Å². The monoisotopic (exact) mass is 326 g/mol. The molecular weight excluding hydrogens is 308 g/mol. The highest BCUT2D eigenvalue weighted by molar-refractivity contribution is 5.83. The van der Waals surface area contributed by atoms with Crippen molar-refractivity contribution in [1.29, 1.82) is 0 Å². The number of hydrogen-bond acceptors (Lipinski definition) is 6. The normalized spacial score (nSPS) is 15.9. The average Bonchev–Trinajstić information content (AvgIpc) is 3.09. The topological polar surface area (TPSA) is 112 Å². The van der Waals surface area contributed by atoms with Gasteiger partial charge < -0.3 is 10.5 Å². The molecule has 1 aliphatic heterocycles. The Bertz CT molecular complexity index is 941. The maximum atomic E-state index is 13.2. The Kier molecular flexibility index (Phi) is 3.53. The van der Waals surface area contributed by atoms with Crippen molar-refractivity contribution >= 4 is 17.0 Å². The number of pyridine rings is 1. The molecule has 3 N–H and O–H groups in total. The fourth-order valence-corrected chi connectivity index (χ4v) is 3.25. The summed E-state index contributed by atoms with van der Waals surface area (Å²) in [4.78, 5) is 21.8. The van der Waals surface area contributed by atoms with Gasteiger partial charge in [-0.05, 0) is 31.9 Å². The summed E-state index contributed by atoms with van der Waals surface area (Å²) in [6.07, 6.45) is 3.17. The molecule has 4 heterocycles. The quantitative estimate of drug-likeness (QED) is 0.736. The second kappa shape index (κ2) is 5.72. The fraction of sp³-hybridized carbons (Fsp3) is 0.375. The highest BCUT2D eigenvalue weighted by Gasteiger charge is 2.23. The van der Waals surface area contributed by atoms with Crippen molar-refractivity contribution in [2.45, 2.75) is 25.8 Å². The molecular formula is C16H18N6O2. The molecule has 0 saturated carbocycles. The minimum Gasteiger partial charge on any atom is -0.381 e. The van der Waals surface area contributed by atoms with Crippen molar-refractivity contribution in [2.75, 3.05) is 18.9 Å². The number of ether oxygens (including phenoxy) is 1. The van der Waals surface area contributed by atoms with Crippen LogP contribution < -0.4 is 11.3 Å². The molecule has 8 heteroatoms. The van der Waals surface area contributed by atoms with E-state index in [1.807, 2.05) is 13.0 Å². The number of rotatable bonds is 2. The van der Waals surface area contributed by atoms with Crippen LogP contribution in [0.2, 0.25) is 0 Å². The van der Waals surface area contributed by atoms with Gasteiger partial charge in [0.1, 0.15) is 5.65 Å². The van der Waals surface area contributed by atoms with Crippen LogP contribution in [0.15, 0.2) is 23.1 Å². The van der Waals surface area contributed by atoms with Gasteiger partial charge in [-0.25, -0.2) is 4.98 Å². The van der Waals surface area contributed by atoms with Crippen LogP contribution in [0.1, 0.15) is 24.6 Å². The Hall–Kier alpha value is -2.74. The van der Waals surface area contributed by atoms with Gasteiger partial charge in [0.15, 0.2) is 0 Å². The molecule has 4 rings (SSSR count). The highest BCUT2D eigenvalue weighted by atomic mass is 16.5. The first-order chi connectivity index (χ1) is 11.6. The first-order valence-electron chi connectivity index (χ1n) is 7.92. The lowest BCUT2D eigenvalue weighted by Gasteiger charge is -2.26. The van der Waals surface area contributed by atoms with Gasteiger partial charge in [0, 0.05) is 30.8 Å². The maximum Gasteiger partial charge on any atom is 0.261 e. The molecule has 1 saturated heterocycles. The highest BCUT2D eigenvalue weighted by Crippen LogP contribution is 2.27. The summed E-state index contributed by atoms with van der Waals surface area (Å²) < 4.78 is 7.18. The molecule has 0 radical (unpaired) electrons. The summed E-state index contributed by atoms with van der Waals surface area (Å²) >= 11 is 0. The van der Waals surface area contributed by atoms with E-state index >= 15 is 0 Å². The molecule has 8 nitrogen and oxygen atoms in total. The molecule has 1 fully saturated rings. The number of anilines is 1. The van der Waals surface area contributed by atoms with Crippen molar-refractivity contribution in [3.05, 3.63) is 34.4 Å². The molecule has 0 unspecified atom stereocenters. The zero-order valence-corrected chi connectivity index (χ0v) is 13.3. The van der Waals surface area contributed by atoms with Crippen LogP contribution in [0.5, 0.6) is 0 Å². The second-order valence-electron chi connectivity index (χ2n) is 5.95. The average molecular weight is 326 g/mol. The van der Waals surface area contributed by atoms with Gasteiger partial charge in [-0.15, -0.1) is 0 Å². The molecule has 0 bridgehead atoms. The lowest BCUT2D eigenvalue weighted by Crippen LogP contribution is -2.31. The van der Waals surface area contributed by atoms with Crippen LogP contribution in [0, 0.1) is 6.92 Å². The number of H-pyrrole nitrogens is 1. The van der Waals surface area contributed by atoms with Gasteiger partial charge >= 0.3 is 0 Å². The van der Waals surface area contributed by atoms with Crippen molar-refractivity contribution in [3.63, 3.8) is 0 Å². The third-order valence-corrected chi connectivity index (χ3v) is 4.45. The number of aryl methyl sites for hydroxylation is 1. The third kappa shape index (κ3) is 2.35. The Morgan fingerprint density at radius 3 is 2.83 bits per heavy atom. The van der Waals surface area contributed by atoms with Gasteiger partial charge in [0.25, 0.3) is 5.56 Å². The molecule has 0 atom stereocenters. The van der Waals surface area contributed by atoms with Crippen LogP contribution >= 0.6 is 0 Å². The van der Waals surface area contributed by atoms with E-state index in [-0.39, 0.29) is 17.5 Å². The van der Waals surface area contributed by atoms with E-state index < -0.39 is 0 Å². The number of aromatic amines is 1. The standard InChI is InChI=1S/C16H18N6O2/c1-9-11-8-12(13-2-5-18-21-13)15(23)22(10-3-6-24-7-4-10)14(11)20-16(17)19-9/h2,5,8,10H,3-4,6-7H2,1H3,(H,18,21)(H2,17,19,20). The van der Waals surface area contributed by atoms with Crippen LogP contribution in [-0.2, 0) is 4.74 Å². The van der Waals surface area contributed by atoms with E-state index in [0.29, 0.717) is 30.1 Å². The predicted molar refractivity (Wildman–Crippen MR) is 89.6 cm³/mol. The number of fused-ring (bicyclic) bond motifs is 1. The number of hydrogen-bond donors (Lipinski definition) is 2. The SMILES string of the molecule is Cc1nc(N)nc2c1cc(-c1ccn[nH]1)c(=O)n2C1CCOCC1.